The fraction of sp³-hybridized carbons (Fsp3) is 0.545. The number of aromatic nitrogens is 2. The highest BCUT2D eigenvalue weighted by molar-refractivity contribution is 6.00. The van der Waals surface area contributed by atoms with Crippen molar-refractivity contribution in [1.29, 1.82) is 0 Å². The predicted molar refractivity (Wildman–Crippen MR) is 67.3 cm³/mol. The van der Waals surface area contributed by atoms with E-state index in [1.807, 2.05) is 6.92 Å². The van der Waals surface area contributed by atoms with Crippen molar-refractivity contribution in [1.82, 2.24) is 20.4 Å². The number of nitrogens with zero attached hydrogens (tertiary/aromatic N) is 2. The summed E-state index contributed by atoms with van der Waals surface area (Å²) in [7, 11) is 0. The first-order valence-electron chi connectivity index (χ1n) is 6.10. The van der Waals surface area contributed by atoms with Gasteiger partial charge in [-0.1, -0.05) is 0 Å². The molecule has 0 saturated carbocycles. The molecule has 2 rings (SSSR count). The molecule has 1 unspecified atom stereocenters. The Morgan fingerprint density at radius 3 is 3.11 bits per heavy atom. The second-order valence-electron chi connectivity index (χ2n) is 4.18. The number of likely N-dealkylation sites (N-methyl/N-ethyl adjacent to an activating group) is 1. The maximum absolute atomic E-state index is 12.4. The molecule has 0 radical (unpaired) electrons. The highest BCUT2D eigenvalue weighted by atomic mass is 16.5. The summed E-state index contributed by atoms with van der Waals surface area (Å²) in [5.74, 6) is -0.338. The third-order valence-corrected chi connectivity index (χ3v) is 2.94. The fourth-order valence-electron chi connectivity index (χ4n) is 1.98. The first kappa shape index (κ1) is 13.3. The Morgan fingerprint density at radius 1 is 1.68 bits per heavy atom. The van der Waals surface area contributed by atoms with Crippen LogP contribution in [-0.4, -0.2) is 59.3 Å². The topological polar surface area (TPSA) is 113 Å². The van der Waals surface area contributed by atoms with Gasteiger partial charge in [0.15, 0.2) is 0 Å². The van der Waals surface area contributed by atoms with Crippen LogP contribution >= 0.6 is 0 Å². The number of anilines is 1. The van der Waals surface area contributed by atoms with E-state index in [0.29, 0.717) is 19.7 Å². The normalized spacial score (nSPS) is 19.2. The summed E-state index contributed by atoms with van der Waals surface area (Å²) in [4.78, 5) is 25.7. The van der Waals surface area contributed by atoms with Crippen molar-refractivity contribution in [3.05, 3.63) is 11.8 Å². The number of carbonyl (C=O) groups is 2. The second-order valence-corrected chi connectivity index (χ2v) is 4.18. The molecule has 8 heteroatoms. The summed E-state index contributed by atoms with van der Waals surface area (Å²) in [6, 6.07) is -0.629. The summed E-state index contributed by atoms with van der Waals surface area (Å²) in [6.45, 7) is 3.27. The Kier molecular flexibility index (Phi) is 4.00. The predicted octanol–water partition coefficient (Wildman–Crippen LogP) is -1.03. The lowest BCUT2D eigenvalue weighted by Crippen LogP contribution is -2.55. The molecular formula is C11H17N5O3. The molecule has 104 valence electrons. The highest BCUT2D eigenvalue weighted by Crippen LogP contribution is 2.15. The third kappa shape index (κ3) is 2.68. The van der Waals surface area contributed by atoms with Gasteiger partial charge in [0.1, 0.15) is 17.4 Å². The van der Waals surface area contributed by atoms with Gasteiger partial charge < -0.3 is 20.7 Å². The van der Waals surface area contributed by atoms with Crippen LogP contribution in [0.1, 0.15) is 17.3 Å². The summed E-state index contributed by atoms with van der Waals surface area (Å²) < 4.78 is 5.27. The molecule has 1 atom stereocenters. The van der Waals surface area contributed by atoms with Crippen LogP contribution in [0.15, 0.2) is 6.20 Å². The lowest BCUT2D eigenvalue weighted by molar-refractivity contribution is -0.130. The van der Waals surface area contributed by atoms with Crippen molar-refractivity contribution in [2.45, 2.75) is 13.0 Å². The van der Waals surface area contributed by atoms with Crippen molar-refractivity contribution >= 4 is 17.6 Å². The van der Waals surface area contributed by atoms with E-state index >= 15 is 0 Å². The average Bonchev–Trinajstić information content (AvgIpc) is 2.84. The van der Waals surface area contributed by atoms with E-state index in [9.17, 15) is 9.59 Å². The number of hydrogen-bond donors (Lipinski definition) is 3. The Morgan fingerprint density at radius 2 is 2.47 bits per heavy atom. The number of nitrogen functional groups attached to an aromatic ring is 1. The second kappa shape index (κ2) is 5.70. The van der Waals surface area contributed by atoms with E-state index in [-0.39, 0.29) is 29.8 Å². The number of nitrogens with two attached hydrogens (primary N) is 1. The number of H-pyrrole nitrogens is 1. The number of rotatable bonds is 3. The fourth-order valence-corrected chi connectivity index (χ4v) is 1.98. The number of nitrogens with one attached hydrogen (secondary N) is 2. The molecule has 19 heavy (non-hydrogen) atoms. The first-order valence-corrected chi connectivity index (χ1v) is 6.10. The molecular weight excluding hydrogens is 250 g/mol. The Balaban J connectivity index is 2.18. The van der Waals surface area contributed by atoms with Crippen LogP contribution in [0.5, 0.6) is 0 Å². The van der Waals surface area contributed by atoms with Crippen LogP contribution in [0, 0.1) is 0 Å². The minimum atomic E-state index is -0.629. The van der Waals surface area contributed by atoms with Gasteiger partial charge in [0, 0.05) is 13.1 Å². The van der Waals surface area contributed by atoms with Gasteiger partial charge in [-0.05, 0) is 6.92 Å². The minimum Gasteiger partial charge on any atom is -0.383 e. The lowest BCUT2D eigenvalue weighted by Gasteiger charge is -2.34. The van der Waals surface area contributed by atoms with Gasteiger partial charge in [0.05, 0.1) is 19.4 Å². The molecule has 0 aliphatic carbocycles. The summed E-state index contributed by atoms with van der Waals surface area (Å²) in [5.41, 5.74) is 5.91. The van der Waals surface area contributed by atoms with Crippen LogP contribution in [0.4, 0.5) is 5.82 Å². The molecule has 0 bridgehead atoms. The van der Waals surface area contributed by atoms with Crippen molar-refractivity contribution < 1.29 is 14.3 Å². The zero-order chi connectivity index (χ0) is 13.8. The molecule has 1 aromatic heterocycles. The standard InChI is InChI=1S/C11H17N5O3/c1-2-13-10(17)8-6-19-4-3-16(8)11(18)7-5-14-15-9(7)12/h5,8H,2-4,6H2,1H3,(H,13,17)(H3,12,14,15). The zero-order valence-corrected chi connectivity index (χ0v) is 10.7. The van der Waals surface area contributed by atoms with Crippen LogP contribution in [0.2, 0.25) is 0 Å². The van der Waals surface area contributed by atoms with Crippen molar-refractivity contribution in [2.24, 2.45) is 0 Å². The average molecular weight is 267 g/mol. The number of ether oxygens (including phenoxy) is 1. The number of amides is 2. The Labute approximate surface area is 110 Å². The Hall–Kier alpha value is -2.09. The van der Waals surface area contributed by atoms with Gasteiger partial charge in [0.25, 0.3) is 5.91 Å². The van der Waals surface area contributed by atoms with Crippen LogP contribution < -0.4 is 11.1 Å². The molecule has 2 amide bonds. The van der Waals surface area contributed by atoms with Crippen molar-refractivity contribution in [3.63, 3.8) is 0 Å². The zero-order valence-electron chi connectivity index (χ0n) is 10.7. The van der Waals surface area contributed by atoms with E-state index in [4.69, 9.17) is 10.5 Å². The molecule has 4 N–H and O–H groups in total. The van der Waals surface area contributed by atoms with Crippen molar-refractivity contribution in [2.75, 3.05) is 32.0 Å². The molecule has 2 heterocycles. The van der Waals surface area contributed by atoms with Gasteiger partial charge in [0.2, 0.25) is 5.91 Å². The van der Waals surface area contributed by atoms with Gasteiger partial charge in [-0.15, -0.1) is 0 Å². The number of aromatic amines is 1. The quantitative estimate of drug-likeness (QED) is 0.648. The van der Waals surface area contributed by atoms with Gasteiger partial charge in [-0.25, -0.2) is 0 Å². The third-order valence-electron chi connectivity index (χ3n) is 2.94. The Bertz CT molecular complexity index is 473. The molecule has 1 aromatic rings. The lowest BCUT2D eigenvalue weighted by atomic mass is 10.1. The van der Waals surface area contributed by atoms with E-state index in [1.165, 1.54) is 11.1 Å². The number of carbonyl (C=O) groups excluding carboxylic acids is 2. The van der Waals surface area contributed by atoms with Gasteiger partial charge in [-0.2, -0.15) is 5.10 Å². The molecule has 1 saturated heterocycles. The van der Waals surface area contributed by atoms with Crippen LogP contribution in [0.25, 0.3) is 0 Å². The maximum Gasteiger partial charge on any atom is 0.260 e. The molecule has 1 aliphatic heterocycles. The smallest absolute Gasteiger partial charge is 0.260 e. The summed E-state index contributed by atoms with van der Waals surface area (Å²) in [6.07, 6.45) is 1.36. The maximum atomic E-state index is 12.4. The van der Waals surface area contributed by atoms with Gasteiger partial charge in [-0.3, -0.25) is 14.7 Å². The van der Waals surface area contributed by atoms with E-state index < -0.39 is 6.04 Å². The van der Waals surface area contributed by atoms with E-state index in [1.54, 1.807) is 0 Å². The largest absolute Gasteiger partial charge is 0.383 e. The number of morpholine rings is 1. The molecule has 1 fully saturated rings. The van der Waals surface area contributed by atoms with Crippen LogP contribution in [0.3, 0.4) is 0 Å². The molecule has 0 aromatic carbocycles. The van der Waals surface area contributed by atoms with Gasteiger partial charge >= 0.3 is 0 Å². The summed E-state index contributed by atoms with van der Waals surface area (Å²) in [5, 5.41) is 8.91. The number of hydrogen-bond acceptors (Lipinski definition) is 5. The van der Waals surface area contributed by atoms with Crippen LogP contribution in [-0.2, 0) is 9.53 Å². The minimum absolute atomic E-state index is 0.190. The SMILES string of the molecule is CCNC(=O)C1COCCN1C(=O)c1cn[nH]c1N. The monoisotopic (exact) mass is 267 g/mol. The van der Waals surface area contributed by atoms with E-state index in [2.05, 4.69) is 15.5 Å². The first-order chi connectivity index (χ1) is 9.15. The molecule has 1 aliphatic rings. The summed E-state index contributed by atoms with van der Waals surface area (Å²) >= 11 is 0. The molecule has 8 nitrogen and oxygen atoms in total. The van der Waals surface area contributed by atoms with E-state index in [0.717, 1.165) is 0 Å². The van der Waals surface area contributed by atoms with Crippen molar-refractivity contribution in [3.8, 4) is 0 Å². The molecule has 0 spiro atoms. The highest BCUT2D eigenvalue weighted by Gasteiger charge is 2.34.